The van der Waals surface area contributed by atoms with Crippen molar-refractivity contribution in [3.63, 3.8) is 0 Å². The summed E-state index contributed by atoms with van der Waals surface area (Å²) >= 11 is 0. The number of ether oxygens (including phenoxy) is 1. The van der Waals surface area contributed by atoms with Gasteiger partial charge in [-0.1, -0.05) is 12.1 Å². The van der Waals surface area contributed by atoms with Gasteiger partial charge in [0.15, 0.2) is 0 Å². The number of rotatable bonds is 3. The Morgan fingerprint density at radius 1 is 1.18 bits per heavy atom. The van der Waals surface area contributed by atoms with Gasteiger partial charge in [0, 0.05) is 31.7 Å². The van der Waals surface area contributed by atoms with Crippen molar-refractivity contribution in [2.24, 2.45) is 0 Å². The van der Waals surface area contributed by atoms with E-state index in [4.69, 9.17) is 0 Å². The van der Waals surface area contributed by atoms with Crippen LogP contribution >= 0.6 is 0 Å². The Hall–Kier alpha value is -2.08. The third kappa shape index (κ3) is 3.57. The highest BCUT2D eigenvalue weighted by Gasteiger charge is 2.32. The number of hydrogen-bond donors (Lipinski definition) is 1. The summed E-state index contributed by atoms with van der Waals surface area (Å²) in [5, 5.41) is 9.22. The molecule has 2 unspecified atom stereocenters. The van der Waals surface area contributed by atoms with Gasteiger partial charge in [-0.3, -0.25) is 4.90 Å². The summed E-state index contributed by atoms with van der Waals surface area (Å²) in [7, 11) is 1.36. The molecule has 1 heterocycles. The van der Waals surface area contributed by atoms with E-state index in [1.165, 1.54) is 12.0 Å². The van der Waals surface area contributed by atoms with E-state index in [1.54, 1.807) is 12.1 Å². The smallest absolute Gasteiger partial charge is 0.407 e. The van der Waals surface area contributed by atoms with E-state index < -0.39 is 6.09 Å². The largest absolute Gasteiger partial charge is 0.465 e. The standard InChI is InChI=1S/C16H22N2O4/c1-11-8-17(9-12(2)18(11)16(20)21)10-13-4-6-14(7-5-13)15(19)22-3/h4-7,11-12H,8-10H2,1-3H3,(H,20,21). The van der Waals surface area contributed by atoms with E-state index in [1.807, 2.05) is 26.0 Å². The molecule has 0 aliphatic carbocycles. The summed E-state index contributed by atoms with van der Waals surface area (Å²) in [6, 6.07) is 7.26. The van der Waals surface area contributed by atoms with Crippen LogP contribution in [0.4, 0.5) is 4.79 Å². The number of amides is 1. The average Bonchev–Trinajstić information content (AvgIpc) is 2.46. The fourth-order valence-electron chi connectivity index (χ4n) is 3.06. The molecule has 1 N–H and O–H groups in total. The third-order valence-electron chi connectivity index (χ3n) is 4.00. The lowest BCUT2D eigenvalue weighted by atomic mass is 10.1. The summed E-state index contributed by atoms with van der Waals surface area (Å²) in [5.41, 5.74) is 1.62. The minimum absolute atomic E-state index is 0.0319. The van der Waals surface area contributed by atoms with Gasteiger partial charge in [-0.05, 0) is 31.5 Å². The Kier molecular flexibility index (Phi) is 5.03. The molecule has 1 aliphatic heterocycles. The molecule has 22 heavy (non-hydrogen) atoms. The molecule has 2 rings (SSSR count). The Labute approximate surface area is 130 Å². The molecule has 1 amide bonds. The number of nitrogens with zero attached hydrogens (tertiary/aromatic N) is 2. The minimum Gasteiger partial charge on any atom is -0.465 e. The topological polar surface area (TPSA) is 70.1 Å². The molecule has 6 nitrogen and oxygen atoms in total. The maximum absolute atomic E-state index is 11.4. The Balaban J connectivity index is 2.00. The van der Waals surface area contributed by atoms with Crippen molar-refractivity contribution in [1.82, 2.24) is 9.80 Å². The van der Waals surface area contributed by atoms with Crippen molar-refractivity contribution in [2.45, 2.75) is 32.5 Å². The highest BCUT2D eigenvalue weighted by atomic mass is 16.5. The maximum atomic E-state index is 11.4. The van der Waals surface area contributed by atoms with Crippen LogP contribution in [-0.4, -0.2) is 59.3 Å². The monoisotopic (exact) mass is 306 g/mol. The molecule has 6 heteroatoms. The maximum Gasteiger partial charge on any atom is 0.407 e. The highest BCUT2D eigenvalue weighted by molar-refractivity contribution is 5.89. The van der Waals surface area contributed by atoms with Crippen molar-refractivity contribution in [1.29, 1.82) is 0 Å². The van der Waals surface area contributed by atoms with Gasteiger partial charge >= 0.3 is 12.1 Å². The molecular formula is C16H22N2O4. The normalized spacial score (nSPS) is 22.4. The third-order valence-corrected chi connectivity index (χ3v) is 4.00. The first kappa shape index (κ1) is 16.3. The lowest BCUT2D eigenvalue weighted by Gasteiger charge is -2.42. The Morgan fingerprint density at radius 2 is 1.73 bits per heavy atom. The van der Waals surface area contributed by atoms with Gasteiger partial charge in [0.2, 0.25) is 0 Å². The summed E-state index contributed by atoms with van der Waals surface area (Å²) < 4.78 is 4.68. The molecular weight excluding hydrogens is 284 g/mol. The van der Waals surface area contributed by atoms with Gasteiger partial charge < -0.3 is 14.7 Å². The Morgan fingerprint density at radius 3 is 2.18 bits per heavy atom. The van der Waals surface area contributed by atoms with E-state index in [0.717, 1.165) is 12.1 Å². The van der Waals surface area contributed by atoms with Crippen molar-refractivity contribution < 1.29 is 19.4 Å². The predicted molar refractivity (Wildman–Crippen MR) is 81.8 cm³/mol. The molecule has 0 bridgehead atoms. The van der Waals surface area contributed by atoms with E-state index in [9.17, 15) is 14.7 Å². The lowest BCUT2D eigenvalue weighted by molar-refractivity contribution is 0.0381. The predicted octanol–water partition coefficient (Wildman–Crippen LogP) is 2.05. The van der Waals surface area contributed by atoms with E-state index >= 15 is 0 Å². The van der Waals surface area contributed by atoms with Gasteiger partial charge in [-0.25, -0.2) is 9.59 Å². The van der Waals surface area contributed by atoms with Gasteiger partial charge in [-0.2, -0.15) is 0 Å². The number of carbonyl (C=O) groups is 2. The van der Waals surface area contributed by atoms with Gasteiger partial charge in [0.1, 0.15) is 0 Å². The summed E-state index contributed by atoms with van der Waals surface area (Å²) in [4.78, 5) is 26.4. The molecule has 0 spiro atoms. The first-order chi connectivity index (χ1) is 10.4. The molecule has 1 fully saturated rings. The Bertz CT molecular complexity index is 532. The molecule has 0 aromatic heterocycles. The molecule has 120 valence electrons. The van der Waals surface area contributed by atoms with Crippen LogP contribution in [0.3, 0.4) is 0 Å². The van der Waals surface area contributed by atoms with E-state index in [-0.39, 0.29) is 18.1 Å². The summed E-state index contributed by atoms with van der Waals surface area (Å²) in [6.07, 6.45) is -0.859. The average molecular weight is 306 g/mol. The van der Waals surface area contributed by atoms with Crippen LogP contribution in [0.25, 0.3) is 0 Å². The number of esters is 1. The molecule has 1 saturated heterocycles. The molecule has 1 aromatic rings. The fourth-order valence-corrected chi connectivity index (χ4v) is 3.06. The second kappa shape index (κ2) is 6.79. The molecule has 1 aromatic carbocycles. The number of methoxy groups -OCH3 is 1. The lowest BCUT2D eigenvalue weighted by Crippen LogP contribution is -2.57. The minimum atomic E-state index is -0.859. The van der Waals surface area contributed by atoms with Gasteiger partial charge in [-0.15, -0.1) is 0 Å². The quantitative estimate of drug-likeness (QED) is 0.865. The van der Waals surface area contributed by atoms with Crippen molar-refractivity contribution in [3.05, 3.63) is 35.4 Å². The van der Waals surface area contributed by atoms with Crippen molar-refractivity contribution >= 4 is 12.1 Å². The van der Waals surface area contributed by atoms with Crippen LogP contribution in [0.5, 0.6) is 0 Å². The van der Waals surface area contributed by atoms with E-state index in [2.05, 4.69) is 9.64 Å². The first-order valence-corrected chi connectivity index (χ1v) is 7.33. The second-order valence-corrected chi connectivity index (χ2v) is 5.77. The second-order valence-electron chi connectivity index (χ2n) is 5.77. The zero-order valence-corrected chi connectivity index (χ0v) is 13.2. The molecule has 1 aliphatic rings. The van der Waals surface area contributed by atoms with Crippen LogP contribution in [0.15, 0.2) is 24.3 Å². The highest BCUT2D eigenvalue weighted by Crippen LogP contribution is 2.18. The first-order valence-electron chi connectivity index (χ1n) is 7.33. The number of piperazine rings is 1. The van der Waals surface area contributed by atoms with Crippen LogP contribution in [-0.2, 0) is 11.3 Å². The summed E-state index contributed by atoms with van der Waals surface area (Å²) in [5.74, 6) is -0.344. The number of benzene rings is 1. The van der Waals surface area contributed by atoms with E-state index in [0.29, 0.717) is 18.7 Å². The molecule has 2 atom stereocenters. The number of carbonyl (C=O) groups excluding carboxylic acids is 1. The van der Waals surface area contributed by atoms with Crippen LogP contribution in [0.2, 0.25) is 0 Å². The number of carboxylic acid groups (broad SMARTS) is 1. The number of hydrogen-bond acceptors (Lipinski definition) is 4. The van der Waals surface area contributed by atoms with Crippen LogP contribution < -0.4 is 0 Å². The SMILES string of the molecule is COC(=O)c1ccc(CN2CC(C)N(C(=O)O)C(C)C2)cc1. The van der Waals surface area contributed by atoms with Crippen molar-refractivity contribution in [3.8, 4) is 0 Å². The molecule has 0 saturated carbocycles. The summed E-state index contributed by atoms with van der Waals surface area (Å²) in [6.45, 7) is 6.00. The zero-order chi connectivity index (χ0) is 16.3. The van der Waals surface area contributed by atoms with Gasteiger partial charge in [0.05, 0.1) is 12.7 Å². The fraction of sp³-hybridized carbons (Fsp3) is 0.500. The molecule has 0 radical (unpaired) electrons. The van der Waals surface area contributed by atoms with Crippen LogP contribution in [0, 0.1) is 0 Å². The van der Waals surface area contributed by atoms with Crippen LogP contribution in [0.1, 0.15) is 29.8 Å². The van der Waals surface area contributed by atoms with Gasteiger partial charge in [0.25, 0.3) is 0 Å². The zero-order valence-electron chi connectivity index (χ0n) is 13.2. The van der Waals surface area contributed by atoms with Crippen molar-refractivity contribution in [2.75, 3.05) is 20.2 Å².